The Kier molecular flexibility index (Phi) is 3.53. The summed E-state index contributed by atoms with van der Waals surface area (Å²) in [6, 6.07) is 2.35. The van der Waals surface area contributed by atoms with Gasteiger partial charge in [-0.25, -0.2) is 8.42 Å². The number of halogens is 3. The third-order valence-corrected chi connectivity index (χ3v) is 3.35. The van der Waals surface area contributed by atoms with Gasteiger partial charge in [0.25, 0.3) is 9.05 Å². The maximum atomic E-state index is 10.9. The van der Waals surface area contributed by atoms with E-state index in [0.717, 1.165) is 0 Å². The van der Waals surface area contributed by atoms with E-state index < -0.39 is 9.05 Å². The zero-order valence-corrected chi connectivity index (χ0v) is 10.0. The summed E-state index contributed by atoms with van der Waals surface area (Å²) >= 11 is 11.4. The molecule has 7 heteroatoms. The molecule has 3 nitrogen and oxygen atoms in total. The summed E-state index contributed by atoms with van der Waals surface area (Å²) < 4.78 is 26.7. The molecule has 78 valence electrons. The molecule has 1 aromatic rings. The van der Waals surface area contributed by atoms with E-state index >= 15 is 0 Å². The summed E-state index contributed by atoms with van der Waals surface area (Å²) in [4.78, 5) is -0.157. The van der Waals surface area contributed by atoms with E-state index in [4.69, 9.17) is 38.6 Å². The molecule has 0 radical (unpaired) electrons. The fraction of sp³-hybridized carbons (Fsp3) is 0.143. The second kappa shape index (κ2) is 4.14. The molecule has 0 spiro atoms. The van der Waals surface area contributed by atoms with E-state index in [-0.39, 0.29) is 20.7 Å². The number of ether oxygens (including phenoxy) is 1. The van der Waals surface area contributed by atoms with Crippen LogP contribution in [0.1, 0.15) is 0 Å². The number of benzene rings is 1. The molecule has 1 rings (SSSR count). The molecule has 1 aromatic carbocycles. The van der Waals surface area contributed by atoms with Crippen LogP contribution in [-0.4, -0.2) is 15.5 Å². The summed E-state index contributed by atoms with van der Waals surface area (Å²) in [5.41, 5.74) is 0. The van der Waals surface area contributed by atoms with Gasteiger partial charge in [-0.05, 0) is 12.1 Å². The van der Waals surface area contributed by atoms with Crippen LogP contribution in [-0.2, 0) is 9.05 Å². The van der Waals surface area contributed by atoms with Gasteiger partial charge in [-0.15, -0.1) is 0 Å². The first kappa shape index (κ1) is 11.9. The van der Waals surface area contributed by atoms with Gasteiger partial charge < -0.3 is 4.74 Å². The molecule has 14 heavy (non-hydrogen) atoms. The average molecular weight is 276 g/mol. The highest BCUT2D eigenvalue weighted by atomic mass is 35.7. The standard InChI is InChI=1S/C7H5Cl3O3S/c1-13-7-5(8)2-4(3-6(7)9)14(10,11)12/h2-3H,1H3. The largest absolute Gasteiger partial charge is 0.494 e. The Bertz CT molecular complexity index is 432. The molecule has 0 atom stereocenters. The third-order valence-electron chi connectivity index (χ3n) is 1.46. The predicted octanol–water partition coefficient (Wildman–Crippen LogP) is 2.93. The molecular weight excluding hydrogens is 270 g/mol. The minimum Gasteiger partial charge on any atom is -0.494 e. The van der Waals surface area contributed by atoms with Gasteiger partial charge in [-0.1, -0.05) is 23.2 Å². The Balaban J connectivity index is 3.43. The van der Waals surface area contributed by atoms with Crippen molar-refractivity contribution >= 4 is 42.9 Å². The van der Waals surface area contributed by atoms with E-state index in [1.807, 2.05) is 0 Å². The monoisotopic (exact) mass is 274 g/mol. The van der Waals surface area contributed by atoms with Crippen molar-refractivity contribution in [1.29, 1.82) is 0 Å². The SMILES string of the molecule is COc1c(Cl)cc(S(=O)(=O)Cl)cc1Cl. The second-order valence-corrected chi connectivity index (χ2v) is 5.74. The van der Waals surface area contributed by atoms with Gasteiger partial charge in [0.15, 0.2) is 5.75 Å². The van der Waals surface area contributed by atoms with E-state index in [2.05, 4.69) is 0 Å². The van der Waals surface area contributed by atoms with Gasteiger partial charge in [0.1, 0.15) is 0 Å². The Morgan fingerprint density at radius 3 is 1.93 bits per heavy atom. The van der Waals surface area contributed by atoms with Crippen LogP contribution in [0, 0.1) is 0 Å². The quantitative estimate of drug-likeness (QED) is 0.780. The first-order chi connectivity index (χ1) is 6.36. The zero-order valence-electron chi connectivity index (χ0n) is 6.92. The topological polar surface area (TPSA) is 43.4 Å². The van der Waals surface area contributed by atoms with E-state index in [1.165, 1.54) is 19.2 Å². The van der Waals surface area contributed by atoms with Crippen molar-refractivity contribution in [2.75, 3.05) is 7.11 Å². The van der Waals surface area contributed by atoms with Crippen molar-refractivity contribution in [2.24, 2.45) is 0 Å². The van der Waals surface area contributed by atoms with Crippen LogP contribution in [0.25, 0.3) is 0 Å². The lowest BCUT2D eigenvalue weighted by molar-refractivity contribution is 0.415. The van der Waals surface area contributed by atoms with Crippen LogP contribution in [0.15, 0.2) is 17.0 Å². The third kappa shape index (κ3) is 2.45. The van der Waals surface area contributed by atoms with E-state index in [0.29, 0.717) is 0 Å². The van der Waals surface area contributed by atoms with Gasteiger partial charge in [-0.3, -0.25) is 0 Å². The van der Waals surface area contributed by atoms with Crippen molar-refractivity contribution in [3.8, 4) is 5.75 Å². The molecule has 0 aliphatic rings. The lowest BCUT2D eigenvalue weighted by atomic mass is 10.3. The van der Waals surface area contributed by atoms with E-state index in [9.17, 15) is 8.42 Å². The molecule has 0 bridgehead atoms. The van der Waals surface area contributed by atoms with Crippen LogP contribution in [0.2, 0.25) is 10.0 Å². The summed E-state index contributed by atoms with van der Waals surface area (Å²) in [7, 11) is 2.66. The first-order valence-corrected chi connectivity index (χ1v) is 6.40. The van der Waals surface area contributed by atoms with Crippen molar-refractivity contribution in [3.05, 3.63) is 22.2 Å². The molecule has 0 aromatic heterocycles. The highest BCUT2D eigenvalue weighted by Crippen LogP contribution is 2.35. The molecule has 0 unspecified atom stereocenters. The van der Waals surface area contributed by atoms with Gasteiger partial charge in [0.2, 0.25) is 0 Å². The Morgan fingerprint density at radius 2 is 1.64 bits per heavy atom. The van der Waals surface area contributed by atoms with Crippen molar-refractivity contribution in [1.82, 2.24) is 0 Å². The van der Waals surface area contributed by atoms with Crippen LogP contribution < -0.4 is 4.74 Å². The molecule has 0 saturated heterocycles. The predicted molar refractivity (Wildman–Crippen MR) is 56.1 cm³/mol. The highest BCUT2D eigenvalue weighted by Gasteiger charge is 2.16. The van der Waals surface area contributed by atoms with Crippen LogP contribution >= 0.6 is 33.9 Å². The Hall–Kier alpha value is -0.160. The highest BCUT2D eigenvalue weighted by molar-refractivity contribution is 8.13. The minimum absolute atomic E-state index is 0.0965. The number of methoxy groups -OCH3 is 1. The molecule has 0 N–H and O–H groups in total. The van der Waals surface area contributed by atoms with Gasteiger partial charge in [0.05, 0.1) is 22.1 Å². The molecule has 0 aliphatic heterocycles. The minimum atomic E-state index is -3.83. The Labute approximate surface area is 95.9 Å². The smallest absolute Gasteiger partial charge is 0.261 e. The fourth-order valence-electron chi connectivity index (χ4n) is 0.872. The van der Waals surface area contributed by atoms with Gasteiger partial charge >= 0.3 is 0 Å². The summed E-state index contributed by atoms with van der Waals surface area (Å²) in [6.07, 6.45) is 0. The summed E-state index contributed by atoms with van der Waals surface area (Å²) in [5.74, 6) is 0.220. The molecular formula is C7H5Cl3O3S. The summed E-state index contributed by atoms with van der Waals surface area (Å²) in [5, 5.41) is 0.193. The molecule has 0 amide bonds. The lowest BCUT2D eigenvalue weighted by Crippen LogP contribution is -1.93. The summed E-state index contributed by atoms with van der Waals surface area (Å²) in [6.45, 7) is 0. The average Bonchev–Trinajstić information content (AvgIpc) is 2.01. The lowest BCUT2D eigenvalue weighted by Gasteiger charge is -2.06. The normalized spacial score (nSPS) is 11.4. The number of rotatable bonds is 2. The van der Waals surface area contributed by atoms with Crippen LogP contribution in [0.3, 0.4) is 0 Å². The number of hydrogen-bond acceptors (Lipinski definition) is 3. The fourth-order valence-corrected chi connectivity index (χ4v) is 2.43. The number of hydrogen-bond donors (Lipinski definition) is 0. The molecule has 0 saturated carbocycles. The van der Waals surface area contributed by atoms with Crippen molar-refractivity contribution < 1.29 is 13.2 Å². The molecule has 0 fully saturated rings. The van der Waals surface area contributed by atoms with Gasteiger partial charge in [-0.2, -0.15) is 0 Å². The molecule has 0 heterocycles. The second-order valence-electron chi connectivity index (χ2n) is 2.36. The Morgan fingerprint density at radius 1 is 1.21 bits per heavy atom. The maximum Gasteiger partial charge on any atom is 0.261 e. The van der Waals surface area contributed by atoms with Crippen molar-refractivity contribution in [2.45, 2.75) is 4.90 Å². The van der Waals surface area contributed by atoms with Crippen molar-refractivity contribution in [3.63, 3.8) is 0 Å². The first-order valence-electron chi connectivity index (χ1n) is 3.34. The van der Waals surface area contributed by atoms with Crippen LogP contribution in [0.5, 0.6) is 5.75 Å². The maximum absolute atomic E-state index is 10.9. The molecule has 0 aliphatic carbocycles. The van der Waals surface area contributed by atoms with Gasteiger partial charge in [0, 0.05) is 10.7 Å². The van der Waals surface area contributed by atoms with Crippen LogP contribution in [0.4, 0.5) is 0 Å². The zero-order chi connectivity index (χ0) is 10.9. The van der Waals surface area contributed by atoms with E-state index in [1.54, 1.807) is 0 Å².